The number of thioether (sulfide) groups is 1. The standard InChI is InChI=1S/C13H23NO4S/c1-2-11(18-10-5-3-4-6-10)13(17)14-7-8-19-9-12(15)16/h10-11H,2-9H2,1H3,(H,14,17)(H,15,16). The smallest absolute Gasteiger partial charge is 0.313 e. The van der Waals surface area contributed by atoms with E-state index >= 15 is 0 Å². The summed E-state index contributed by atoms with van der Waals surface area (Å²) in [5.74, 6) is -0.221. The number of hydrogen-bond donors (Lipinski definition) is 2. The lowest BCUT2D eigenvalue weighted by Crippen LogP contribution is -2.39. The van der Waals surface area contributed by atoms with Gasteiger partial charge in [0, 0.05) is 12.3 Å². The molecule has 0 radical (unpaired) electrons. The van der Waals surface area contributed by atoms with Gasteiger partial charge in [0.25, 0.3) is 0 Å². The van der Waals surface area contributed by atoms with Crippen LogP contribution >= 0.6 is 11.8 Å². The van der Waals surface area contributed by atoms with Gasteiger partial charge in [0.15, 0.2) is 0 Å². The van der Waals surface area contributed by atoms with E-state index in [0.29, 0.717) is 18.7 Å². The monoisotopic (exact) mass is 289 g/mol. The molecular weight excluding hydrogens is 266 g/mol. The van der Waals surface area contributed by atoms with Crippen LogP contribution in [0.4, 0.5) is 0 Å². The first-order valence-electron chi connectivity index (χ1n) is 6.86. The topological polar surface area (TPSA) is 75.6 Å². The average Bonchev–Trinajstić information content (AvgIpc) is 2.87. The normalized spacial score (nSPS) is 17.3. The fourth-order valence-corrected chi connectivity index (χ4v) is 2.69. The molecule has 2 N–H and O–H groups in total. The molecular formula is C13H23NO4S. The summed E-state index contributed by atoms with van der Waals surface area (Å²) in [7, 11) is 0. The minimum absolute atomic E-state index is 0.0751. The van der Waals surface area contributed by atoms with Gasteiger partial charge in [-0.05, 0) is 19.3 Å². The quantitative estimate of drug-likeness (QED) is 0.631. The Morgan fingerprint density at radius 3 is 2.68 bits per heavy atom. The molecule has 1 fully saturated rings. The van der Waals surface area contributed by atoms with Gasteiger partial charge in [0.1, 0.15) is 6.10 Å². The Bertz CT molecular complexity index is 292. The third kappa shape index (κ3) is 6.82. The van der Waals surface area contributed by atoms with Crippen molar-refractivity contribution in [2.75, 3.05) is 18.1 Å². The summed E-state index contributed by atoms with van der Waals surface area (Å²) in [5, 5.41) is 11.3. The maximum atomic E-state index is 11.9. The van der Waals surface area contributed by atoms with Crippen LogP contribution < -0.4 is 5.32 Å². The van der Waals surface area contributed by atoms with Crippen molar-refractivity contribution < 1.29 is 19.4 Å². The summed E-state index contributed by atoms with van der Waals surface area (Å²) in [6, 6.07) is 0. The first kappa shape index (κ1) is 16.3. The first-order valence-corrected chi connectivity index (χ1v) is 8.01. The summed E-state index contributed by atoms with van der Waals surface area (Å²) < 4.78 is 5.80. The second-order valence-corrected chi connectivity index (χ2v) is 5.78. The molecule has 6 heteroatoms. The van der Waals surface area contributed by atoms with E-state index < -0.39 is 5.97 Å². The molecule has 1 rings (SSSR count). The van der Waals surface area contributed by atoms with E-state index in [1.807, 2.05) is 6.92 Å². The average molecular weight is 289 g/mol. The summed E-state index contributed by atoms with van der Waals surface area (Å²) in [5.41, 5.74) is 0. The van der Waals surface area contributed by atoms with Crippen LogP contribution in [0.15, 0.2) is 0 Å². The maximum Gasteiger partial charge on any atom is 0.313 e. The molecule has 0 aromatic carbocycles. The highest BCUT2D eigenvalue weighted by molar-refractivity contribution is 7.99. The zero-order chi connectivity index (χ0) is 14.1. The molecule has 0 aliphatic heterocycles. The lowest BCUT2D eigenvalue weighted by atomic mass is 10.2. The molecule has 1 unspecified atom stereocenters. The SMILES string of the molecule is CCC(OC1CCCC1)C(=O)NCCSCC(=O)O. The van der Waals surface area contributed by atoms with Gasteiger partial charge in [-0.25, -0.2) is 0 Å². The minimum Gasteiger partial charge on any atom is -0.481 e. The Balaban J connectivity index is 2.15. The number of aliphatic carboxylic acids is 1. The van der Waals surface area contributed by atoms with E-state index in [-0.39, 0.29) is 23.9 Å². The first-order chi connectivity index (χ1) is 9.13. The van der Waals surface area contributed by atoms with E-state index in [1.54, 1.807) is 0 Å². The largest absolute Gasteiger partial charge is 0.481 e. The van der Waals surface area contributed by atoms with E-state index in [1.165, 1.54) is 24.6 Å². The number of carbonyl (C=O) groups is 2. The van der Waals surface area contributed by atoms with E-state index in [2.05, 4.69) is 5.32 Å². The Morgan fingerprint density at radius 2 is 2.11 bits per heavy atom. The Morgan fingerprint density at radius 1 is 1.42 bits per heavy atom. The third-order valence-electron chi connectivity index (χ3n) is 3.09. The fraction of sp³-hybridized carbons (Fsp3) is 0.846. The number of carboxylic acids is 1. The number of hydrogen-bond acceptors (Lipinski definition) is 4. The van der Waals surface area contributed by atoms with Gasteiger partial charge in [0.05, 0.1) is 11.9 Å². The van der Waals surface area contributed by atoms with Gasteiger partial charge < -0.3 is 15.2 Å². The van der Waals surface area contributed by atoms with Crippen LogP contribution in [0.5, 0.6) is 0 Å². The van der Waals surface area contributed by atoms with E-state index in [4.69, 9.17) is 9.84 Å². The number of carbonyl (C=O) groups excluding carboxylic acids is 1. The second kappa shape index (κ2) is 9.20. The lowest BCUT2D eigenvalue weighted by molar-refractivity contribution is -0.136. The highest BCUT2D eigenvalue weighted by Crippen LogP contribution is 2.22. The van der Waals surface area contributed by atoms with Gasteiger partial charge in [-0.2, -0.15) is 0 Å². The van der Waals surface area contributed by atoms with Gasteiger partial charge in [-0.1, -0.05) is 19.8 Å². The van der Waals surface area contributed by atoms with E-state index in [0.717, 1.165) is 12.8 Å². The lowest BCUT2D eigenvalue weighted by Gasteiger charge is -2.20. The van der Waals surface area contributed by atoms with Crippen molar-refractivity contribution in [3.8, 4) is 0 Å². The van der Waals surface area contributed by atoms with Crippen LogP contribution in [0.1, 0.15) is 39.0 Å². The van der Waals surface area contributed by atoms with Crippen LogP contribution in [-0.2, 0) is 14.3 Å². The molecule has 110 valence electrons. The molecule has 0 aromatic rings. The predicted octanol–water partition coefficient (Wildman–Crippen LogP) is 1.66. The molecule has 0 bridgehead atoms. The zero-order valence-electron chi connectivity index (χ0n) is 11.4. The molecule has 0 heterocycles. The van der Waals surface area contributed by atoms with Crippen molar-refractivity contribution in [1.82, 2.24) is 5.32 Å². The fourth-order valence-electron chi connectivity index (χ4n) is 2.12. The van der Waals surface area contributed by atoms with Crippen LogP contribution in [0.25, 0.3) is 0 Å². The van der Waals surface area contributed by atoms with Gasteiger partial charge >= 0.3 is 5.97 Å². The number of rotatable bonds is 9. The zero-order valence-corrected chi connectivity index (χ0v) is 12.2. The molecule has 1 aliphatic rings. The number of amides is 1. The molecule has 0 saturated heterocycles. The van der Waals surface area contributed by atoms with Crippen molar-refractivity contribution in [2.45, 2.75) is 51.2 Å². The molecule has 0 aromatic heterocycles. The molecule has 0 spiro atoms. The van der Waals surface area contributed by atoms with Crippen molar-refractivity contribution >= 4 is 23.6 Å². The van der Waals surface area contributed by atoms with Crippen LogP contribution in [-0.4, -0.2) is 47.2 Å². The number of carboxylic acid groups (broad SMARTS) is 1. The second-order valence-electron chi connectivity index (χ2n) is 4.68. The molecule has 1 aliphatic carbocycles. The highest BCUT2D eigenvalue weighted by Gasteiger charge is 2.23. The molecule has 5 nitrogen and oxygen atoms in total. The van der Waals surface area contributed by atoms with Gasteiger partial charge in [-0.3, -0.25) is 9.59 Å². The Kier molecular flexibility index (Phi) is 7.90. The van der Waals surface area contributed by atoms with Crippen molar-refractivity contribution in [3.63, 3.8) is 0 Å². The van der Waals surface area contributed by atoms with Crippen LogP contribution in [0.3, 0.4) is 0 Å². The summed E-state index contributed by atoms with van der Waals surface area (Å²) in [4.78, 5) is 22.2. The highest BCUT2D eigenvalue weighted by atomic mass is 32.2. The van der Waals surface area contributed by atoms with Crippen LogP contribution in [0, 0.1) is 0 Å². The Labute approximate surface area is 118 Å². The molecule has 19 heavy (non-hydrogen) atoms. The third-order valence-corrected chi connectivity index (χ3v) is 4.04. The van der Waals surface area contributed by atoms with Crippen molar-refractivity contribution in [1.29, 1.82) is 0 Å². The summed E-state index contributed by atoms with van der Waals surface area (Å²) in [6.45, 7) is 2.43. The number of ether oxygens (including phenoxy) is 1. The number of nitrogens with one attached hydrogen (secondary N) is 1. The van der Waals surface area contributed by atoms with Crippen LogP contribution in [0.2, 0.25) is 0 Å². The molecule has 1 atom stereocenters. The Hall–Kier alpha value is -0.750. The summed E-state index contributed by atoms with van der Waals surface area (Å²) >= 11 is 1.30. The predicted molar refractivity (Wildman–Crippen MR) is 75.4 cm³/mol. The maximum absolute atomic E-state index is 11.9. The summed E-state index contributed by atoms with van der Waals surface area (Å²) in [6.07, 6.45) is 5.02. The van der Waals surface area contributed by atoms with Gasteiger partial charge in [0.2, 0.25) is 5.91 Å². The minimum atomic E-state index is -0.827. The van der Waals surface area contributed by atoms with Gasteiger partial charge in [-0.15, -0.1) is 11.8 Å². The van der Waals surface area contributed by atoms with Crippen molar-refractivity contribution in [3.05, 3.63) is 0 Å². The van der Waals surface area contributed by atoms with E-state index in [9.17, 15) is 9.59 Å². The molecule has 1 saturated carbocycles. The van der Waals surface area contributed by atoms with Crippen molar-refractivity contribution in [2.24, 2.45) is 0 Å². The molecule has 1 amide bonds.